The number of hydrogen-bond acceptors (Lipinski definition) is 3. The molecule has 2 rings (SSSR count). The summed E-state index contributed by atoms with van der Waals surface area (Å²) in [6, 6.07) is 7.72. The third-order valence-corrected chi connectivity index (χ3v) is 2.38. The van der Waals surface area contributed by atoms with Gasteiger partial charge in [0.1, 0.15) is 0 Å². The molecule has 0 aliphatic carbocycles. The van der Waals surface area contributed by atoms with Crippen LogP contribution in [0.3, 0.4) is 0 Å². The van der Waals surface area contributed by atoms with E-state index in [1.54, 1.807) is 0 Å². The molecule has 2 aromatic rings. The maximum absolute atomic E-state index is 10.8. The summed E-state index contributed by atoms with van der Waals surface area (Å²) in [5, 5.41) is 0. The first-order valence-corrected chi connectivity index (χ1v) is 4.97. The molecule has 0 atom stereocenters. The second-order valence-electron chi connectivity index (χ2n) is 3.37. The van der Waals surface area contributed by atoms with Crippen molar-refractivity contribution in [2.75, 3.05) is 6.54 Å². The molecule has 0 fully saturated rings. The minimum absolute atomic E-state index is 0.477. The molecule has 4 heteroatoms. The van der Waals surface area contributed by atoms with Gasteiger partial charge in [0.2, 0.25) is 0 Å². The predicted molar refractivity (Wildman–Crippen MR) is 58.8 cm³/mol. The Bertz CT molecular complexity index is 476. The highest BCUT2D eigenvalue weighted by molar-refractivity contribution is 5.82. The van der Waals surface area contributed by atoms with Crippen LogP contribution >= 0.6 is 0 Å². The van der Waals surface area contributed by atoms with Crippen LogP contribution in [-0.2, 0) is 6.54 Å². The van der Waals surface area contributed by atoms with Crippen molar-refractivity contribution in [3.63, 3.8) is 0 Å². The van der Waals surface area contributed by atoms with Crippen molar-refractivity contribution in [2.24, 2.45) is 5.73 Å². The van der Waals surface area contributed by atoms with E-state index in [9.17, 15) is 4.79 Å². The van der Waals surface area contributed by atoms with E-state index in [1.165, 1.54) is 0 Å². The van der Waals surface area contributed by atoms with Crippen molar-refractivity contribution in [3.8, 4) is 0 Å². The van der Waals surface area contributed by atoms with Gasteiger partial charge in [0.05, 0.1) is 11.0 Å². The Hall–Kier alpha value is -1.68. The lowest BCUT2D eigenvalue weighted by atomic mass is 10.3. The zero-order valence-corrected chi connectivity index (χ0v) is 8.39. The van der Waals surface area contributed by atoms with Gasteiger partial charge in [-0.15, -0.1) is 0 Å². The number of para-hydroxylation sites is 2. The van der Waals surface area contributed by atoms with Crippen LogP contribution < -0.4 is 5.73 Å². The van der Waals surface area contributed by atoms with Crippen LogP contribution in [0.1, 0.15) is 17.0 Å². The fourth-order valence-electron chi connectivity index (χ4n) is 1.67. The number of carbonyl (C=O) groups excluding carboxylic acids is 1. The zero-order chi connectivity index (χ0) is 10.7. The largest absolute Gasteiger partial charge is 0.330 e. The molecule has 1 aromatic heterocycles. The van der Waals surface area contributed by atoms with Gasteiger partial charge >= 0.3 is 0 Å². The molecule has 0 radical (unpaired) electrons. The number of aldehydes is 1. The molecule has 0 unspecified atom stereocenters. The molecule has 0 saturated carbocycles. The van der Waals surface area contributed by atoms with E-state index in [0.717, 1.165) is 30.3 Å². The lowest BCUT2D eigenvalue weighted by molar-refractivity contribution is 0.111. The number of benzene rings is 1. The maximum atomic E-state index is 10.8. The molecular weight excluding hydrogens is 190 g/mol. The van der Waals surface area contributed by atoms with Crippen molar-refractivity contribution >= 4 is 17.3 Å². The summed E-state index contributed by atoms with van der Waals surface area (Å²) < 4.78 is 1.91. The number of nitrogens with two attached hydrogens (primary N) is 1. The smallest absolute Gasteiger partial charge is 0.185 e. The molecule has 0 aliphatic rings. The Morgan fingerprint density at radius 2 is 2.20 bits per heavy atom. The SMILES string of the molecule is NCCCn1c(C=O)nc2ccccc21. The van der Waals surface area contributed by atoms with Gasteiger partial charge in [-0.25, -0.2) is 4.98 Å². The second-order valence-corrected chi connectivity index (χ2v) is 3.37. The van der Waals surface area contributed by atoms with Crippen LogP contribution in [0, 0.1) is 0 Å². The van der Waals surface area contributed by atoms with Crippen LogP contribution in [0.25, 0.3) is 11.0 Å². The highest BCUT2D eigenvalue weighted by Crippen LogP contribution is 2.15. The van der Waals surface area contributed by atoms with Crippen molar-refractivity contribution in [1.82, 2.24) is 9.55 Å². The van der Waals surface area contributed by atoms with E-state index in [1.807, 2.05) is 28.8 Å². The van der Waals surface area contributed by atoms with Crippen LogP contribution in [0.15, 0.2) is 24.3 Å². The van der Waals surface area contributed by atoms with Crippen LogP contribution in [0.2, 0.25) is 0 Å². The number of nitrogens with zero attached hydrogens (tertiary/aromatic N) is 2. The Balaban J connectivity index is 2.51. The van der Waals surface area contributed by atoms with Gasteiger partial charge < -0.3 is 10.3 Å². The van der Waals surface area contributed by atoms with E-state index in [0.29, 0.717) is 12.4 Å². The van der Waals surface area contributed by atoms with Crippen molar-refractivity contribution < 1.29 is 4.79 Å². The molecule has 0 amide bonds. The average Bonchev–Trinajstić information content (AvgIpc) is 2.64. The topological polar surface area (TPSA) is 60.9 Å². The molecule has 2 N–H and O–H groups in total. The quantitative estimate of drug-likeness (QED) is 0.759. The van der Waals surface area contributed by atoms with Gasteiger partial charge in [-0.1, -0.05) is 12.1 Å². The molecule has 0 saturated heterocycles. The molecule has 1 heterocycles. The van der Waals surface area contributed by atoms with Gasteiger partial charge in [0, 0.05) is 6.54 Å². The third-order valence-electron chi connectivity index (χ3n) is 2.38. The standard InChI is InChI=1S/C11H13N3O/c12-6-3-7-14-10-5-2-1-4-9(10)13-11(14)8-15/h1-2,4-5,8H,3,6-7,12H2. The first-order chi connectivity index (χ1) is 7.36. The number of imidazole rings is 1. The highest BCUT2D eigenvalue weighted by atomic mass is 16.1. The molecular formula is C11H13N3O. The van der Waals surface area contributed by atoms with E-state index in [4.69, 9.17) is 5.73 Å². The fraction of sp³-hybridized carbons (Fsp3) is 0.273. The summed E-state index contributed by atoms with van der Waals surface area (Å²) in [7, 11) is 0. The third kappa shape index (κ3) is 1.76. The summed E-state index contributed by atoms with van der Waals surface area (Å²) >= 11 is 0. The molecule has 15 heavy (non-hydrogen) atoms. The Kier molecular flexibility index (Phi) is 2.78. The number of aryl methyl sites for hydroxylation is 1. The highest BCUT2D eigenvalue weighted by Gasteiger charge is 2.07. The summed E-state index contributed by atoms with van der Waals surface area (Å²) in [4.78, 5) is 15.1. The van der Waals surface area contributed by atoms with Crippen LogP contribution in [-0.4, -0.2) is 22.4 Å². The fourth-order valence-corrected chi connectivity index (χ4v) is 1.67. The number of aromatic nitrogens is 2. The molecule has 0 bridgehead atoms. The van der Waals surface area contributed by atoms with Gasteiger partial charge in [-0.05, 0) is 25.1 Å². The van der Waals surface area contributed by atoms with Gasteiger partial charge in [0.25, 0.3) is 0 Å². The number of fused-ring (bicyclic) bond motifs is 1. The Morgan fingerprint density at radius 3 is 2.93 bits per heavy atom. The maximum Gasteiger partial charge on any atom is 0.185 e. The number of rotatable bonds is 4. The van der Waals surface area contributed by atoms with Crippen LogP contribution in [0.4, 0.5) is 0 Å². The minimum Gasteiger partial charge on any atom is -0.330 e. The Morgan fingerprint density at radius 1 is 1.40 bits per heavy atom. The average molecular weight is 203 g/mol. The molecule has 1 aromatic carbocycles. The first-order valence-electron chi connectivity index (χ1n) is 4.97. The summed E-state index contributed by atoms with van der Waals surface area (Å²) in [6.45, 7) is 1.36. The van der Waals surface area contributed by atoms with Gasteiger partial charge in [0.15, 0.2) is 12.1 Å². The first kappa shape index (κ1) is 9.86. The zero-order valence-electron chi connectivity index (χ0n) is 8.39. The van der Waals surface area contributed by atoms with Crippen molar-refractivity contribution in [2.45, 2.75) is 13.0 Å². The van der Waals surface area contributed by atoms with E-state index < -0.39 is 0 Å². The van der Waals surface area contributed by atoms with Crippen molar-refractivity contribution in [1.29, 1.82) is 0 Å². The molecule has 4 nitrogen and oxygen atoms in total. The molecule has 78 valence electrons. The predicted octanol–water partition coefficient (Wildman–Crippen LogP) is 1.20. The van der Waals surface area contributed by atoms with Gasteiger partial charge in [-0.3, -0.25) is 4.79 Å². The second kappa shape index (κ2) is 4.23. The Labute approximate surface area is 87.7 Å². The van der Waals surface area contributed by atoms with Gasteiger partial charge in [-0.2, -0.15) is 0 Å². The minimum atomic E-state index is 0.477. The monoisotopic (exact) mass is 203 g/mol. The lowest BCUT2D eigenvalue weighted by Crippen LogP contribution is -2.08. The summed E-state index contributed by atoms with van der Waals surface area (Å²) in [6.07, 6.45) is 1.64. The van der Waals surface area contributed by atoms with Crippen LogP contribution in [0.5, 0.6) is 0 Å². The number of carbonyl (C=O) groups is 1. The van der Waals surface area contributed by atoms with Crippen molar-refractivity contribution in [3.05, 3.63) is 30.1 Å². The van der Waals surface area contributed by atoms with E-state index in [-0.39, 0.29) is 0 Å². The van der Waals surface area contributed by atoms with E-state index in [2.05, 4.69) is 4.98 Å². The van der Waals surface area contributed by atoms with E-state index >= 15 is 0 Å². The molecule has 0 spiro atoms. The normalized spacial score (nSPS) is 10.7. The molecule has 0 aliphatic heterocycles. The summed E-state index contributed by atoms with van der Waals surface area (Å²) in [5.74, 6) is 0.477. The number of hydrogen-bond donors (Lipinski definition) is 1. The lowest BCUT2D eigenvalue weighted by Gasteiger charge is -2.03. The summed E-state index contributed by atoms with van der Waals surface area (Å²) in [5.41, 5.74) is 7.31.